The Hall–Kier alpha value is -2.90. The highest BCUT2D eigenvalue weighted by Crippen LogP contribution is 2.41. The fourth-order valence-electron chi connectivity index (χ4n) is 2.16. The zero-order valence-electron chi connectivity index (χ0n) is 12.3. The van der Waals surface area contributed by atoms with Crippen LogP contribution in [0.25, 0.3) is 6.08 Å². The van der Waals surface area contributed by atoms with Crippen LogP contribution in [0, 0.1) is 0 Å². The number of hydrogen-bond acceptors (Lipinski definition) is 3. The van der Waals surface area contributed by atoms with Crippen LogP contribution in [-0.2, 0) is 6.18 Å². The highest BCUT2D eigenvalue weighted by molar-refractivity contribution is 6.06. The summed E-state index contributed by atoms with van der Waals surface area (Å²) in [6.45, 7) is 0. The lowest BCUT2D eigenvalue weighted by Crippen LogP contribution is -2.25. The zero-order valence-corrected chi connectivity index (χ0v) is 12.3. The van der Waals surface area contributed by atoms with Crippen molar-refractivity contribution in [1.82, 2.24) is 0 Å². The second kappa shape index (κ2) is 5.87. The second-order valence-corrected chi connectivity index (χ2v) is 5.15. The summed E-state index contributed by atoms with van der Waals surface area (Å²) in [5.74, 6) is -0.831. The number of allylic oxidation sites excluding steroid dienone is 1. The number of hydrogen-bond donors (Lipinski definition) is 0. The number of rotatable bonds is 3. The molecule has 0 radical (unpaired) electrons. The molecule has 0 spiro atoms. The van der Waals surface area contributed by atoms with Gasteiger partial charge in [-0.15, -0.1) is 8.78 Å². The highest BCUT2D eigenvalue weighted by atomic mass is 19.4. The third-order valence-corrected chi connectivity index (χ3v) is 3.35. The van der Waals surface area contributed by atoms with E-state index in [4.69, 9.17) is 0 Å². The van der Waals surface area contributed by atoms with Gasteiger partial charge in [-0.2, -0.15) is 13.2 Å². The highest BCUT2D eigenvalue weighted by Gasteiger charge is 2.43. The molecule has 0 fully saturated rings. The molecule has 0 saturated carbocycles. The third kappa shape index (κ3) is 3.78. The molecule has 2 aromatic carbocycles. The van der Waals surface area contributed by atoms with E-state index < -0.39 is 23.8 Å². The molecular formula is C17H9F5O3. The van der Waals surface area contributed by atoms with Crippen molar-refractivity contribution in [2.75, 3.05) is 0 Å². The quantitative estimate of drug-likeness (QED) is 0.445. The molecule has 0 aliphatic carbocycles. The van der Waals surface area contributed by atoms with E-state index in [-0.39, 0.29) is 17.1 Å². The number of halogens is 5. The first-order chi connectivity index (χ1) is 11.6. The van der Waals surface area contributed by atoms with Gasteiger partial charge in [-0.25, -0.2) is 0 Å². The summed E-state index contributed by atoms with van der Waals surface area (Å²) in [7, 11) is 0. The van der Waals surface area contributed by atoms with E-state index in [1.807, 2.05) is 0 Å². The van der Waals surface area contributed by atoms with Crippen LogP contribution in [0.5, 0.6) is 11.5 Å². The van der Waals surface area contributed by atoms with Crippen molar-refractivity contribution in [1.29, 1.82) is 0 Å². The van der Waals surface area contributed by atoms with Gasteiger partial charge in [-0.1, -0.05) is 24.3 Å². The van der Waals surface area contributed by atoms with E-state index in [1.165, 1.54) is 24.3 Å². The van der Waals surface area contributed by atoms with Crippen LogP contribution in [0.1, 0.15) is 21.5 Å². The van der Waals surface area contributed by atoms with Gasteiger partial charge in [0, 0.05) is 5.56 Å². The molecule has 0 unspecified atom stereocenters. The molecule has 2 aromatic rings. The summed E-state index contributed by atoms with van der Waals surface area (Å²) < 4.78 is 71.8. The first-order valence-electron chi connectivity index (χ1n) is 6.94. The van der Waals surface area contributed by atoms with Crippen LogP contribution in [0.15, 0.2) is 48.5 Å². The lowest BCUT2D eigenvalue weighted by Gasteiger charge is -2.06. The topological polar surface area (TPSA) is 35.5 Å². The maximum absolute atomic E-state index is 12.9. The smallest absolute Gasteiger partial charge is 0.395 e. The van der Waals surface area contributed by atoms with Gasteiger partial charge < -0.3 is 9.47 Å². The molecule has 1 aliphatic rings. The fraction of sp³-hybridized carbons (Fsp3) is 0.118. The van der Waals surface area contributed by atoms with Crippen LogP contribution in [0.3, 0.4) is 0 Å². The van der Waals surface area contributed by atoms with Crippen LogP contribution < -0.4 is 9.47 Å². The molecule has 0 atom stereocenters. The summed E-state index contributed by atoms with van der Waals surface area (Å²) in [5.41, 5.74) is -0.401. The van der Waals surface area contributed by atoms with Crippen molar-refractivity contribution in [3.63, 3.8) is 0 Å². The third-order valence-electron chi connectivity index (χ3n) is 3.35. The number of carbonyl (C=O) groups is 1. The minimum absolute atomic E-state index is 0.0662. The Labute approximate surface area is 138 Å². The molecular weight excluding hydrogens is 347 g/mol. The Bertz CT molecular complexity index is 838. The minimum Gasteiger partial charge on any atom is -0.395 e. The number of fused-ring (bicyclic) bond motifs is 1. The molecule has 0 bridgehead atoms. The van der Waals surface area contributed by atoms with E-state index in [1.54, 1.807) is 0 Å². The van der Waals surface area contributed by atoms with Gasteiger partial charge >= 0.3 is 12.5 Å². The predicted octanol–water partition coefficient (Wildman–Crippen LogP) is 4.92. The first-order valence-corrected chi connectivity index (χ1v) is 6.94. The molecule has 0 saturated heterocycles. The van der Waals surface area contributed by atoms with Gasteiger partial charge in [0.2, 0.25) is 0 Å². The van der Waals surface area contributed by atoms with Crippen molar-refractivity contribution >= 4 is 11.9 Å². The summed E-state index contributed by atoms with van der Waals surface area (Å²) in [5, 5.41) is 0. The van der Waals surface area contributed by atoms with Crippen LogP contribution in [-0.4, -0.2) is 12.1 Å². The molecule has 0 amide bonds. The number of carbonyl (C=O) groups excluding carboxylic acids is 1. The van der Waals surface area contributed by atoms with Gasteiger partial charge in [0.15, 0.2) is 17.3 Å². The maximum Gasteiger partial charge on any atom is 0.586 e. The molecule has 0 N–H and O–H groups in total. The molecule has 8 heteroatoms. The van der Waals surface area contributed by atoms with Gasteiger partial charge in [-0.05, 0) is 35.9 Å². The Kier molecular flexibility index (Phi) is 3.98. The molecule has 3 nitrogen and oxygen atoms in total. The first kappa shape index (κ1) is 16.9. The predicted molar refractivity (Wildman–Crippen MR) is 77.5 cm³/mol. The summed E-state index contributed by atoms with van der Waals surface area (Å²) in [4.78, 5) is 12.0. The van der Waals surface area contributed by atoms with Gasteiger partial charge in [0.05, 0.1) is 5.56 Å². The summed E-state index contributed by atoms with van der Waals surface area (Å²) in [6.07, 6.45) is -5.76. The number of ether oxygens (including phenoxy) is 2. The van der Waals surface area contributed by atoms with Crippen molar-refractivity contribution in [2.45, 2.75) is 12.5 Å². The Morgan fingerprint density at radius 3 is 2.24 bits per heavy atom. The van der Waals surface area contributed by atoms with Gasteiger partial charge in [0.1, 0.15) is 0 Å². The average molecular weight is 356 g/mol. The lowest BCUT2D eigenvalue weighted by atomic mass is 10.1. The average Bonchev–Trinajstić information content (AvgIpc) is 2.85. The maximum atomic E-state index is 12.9. The van der Waals surface area contributed by atoms with Gasteiger partial charge in [0.25, 0.3) is 0 Å². The van der Waals surface area contributed by atoms with E-state index in [0.717, 1.165) is 30.3 Å². The molecule has 3 rings (SSSR count). The second-order valence-electron chi connectivity index (χ2n) is 5.15. The molecule has 130 valence electrons. The Balaban J connectivity index is 1.73. The normalized spacial score (nSPS) is 15.6. The SMILES string of the molecule is O=C(/C=C/c1ccc2c(c1)OC(F)(F)O2)c1ccc(C(F)(F)F)cc1. The number of ketones is 1. The van der Waals surface area contributed by atoms with Crippen molar-refractivity contribution < 1.29 is 36.2 Å². The van der Waals surface area contributed by atoms with E-state index in [2.05, 4.69) is 9.47 Å². The Morgan fingerprint density at radius 1 is 0.960 bits per heavy atom. The van der Waals surface area contributed by atoms with E-state index >= 15 is 0 Å². The summed E-state index contributed by atoms with van der Waals surface area (Å²) >= 11 is 0. The molecule has 25 heavy (non-hydrogen) atoms. The van der Waals surface area contributed by atoms with Gasteiger partial charge in [-0.3, -0.25) is 4.79 Å². The van der Waals surface area contributed by atoms with Crippen molar-refractivity contribution in [2.24, 2.45) is 0 Å². The van der Waals surface area contributed by atoms with Crippen LogP contribution in [0.4, 0.5) is 22.0 Å². The van der Waals surface area contributed by atoms with E-state index in [0.29, 0.717) is 5.56 Å². The fourth-order valence-corrected chi connectivity index (χ4v) is 2.16. The molecule has 1 heterocycles. The largest absolute Gasteiger partial charge is 0.586 e. The summed E-state index contributed by atoms with van der Waals surface area (Å²) in [6, 6.07) is 7.70. The number of benzene rings is 2. The van der Waals surface area contributed by atoms with Crippen molar-refractivity contribution in [3.05, 3.63) is 65.2 Å². The zero-order chi connectivity index (χ0) is 18.2. The van der Waals surface area contributed by atoms with Crippen molar-refractivity contribution in [3.8, 4) is 11.5 Å². The number of alkyl halides is 5. The molecule has 0 aromatic heterocycles. The minimum atomic E-state index is -4.48. The lowest BCUT2D eigenvalue weighted by molar-refractivity contribution is -0.286. The Morgan fingerprint density at radius 2 is 1.60 bits per heavy atom. The van der Waals surface area contributed by atoms with E-state index in [9.17, 15) is 26.7 Å². The standard InChI is InChI=1S/C17H9F5O3/c18-16(19,20)12-5-3-11(4-6-12)13(23)7-1-10-2-8-14-15(9-10)25-17(21,22)24-14/h1-9H/b7-1+. The monoisotopic (exact) mass is 356 g/mol. The molecule has 1 aliphatic heterocycles. The van der Waals surface area contributed by atoms with Crippen LogP contribution >= 0.6 is 0 Å². The van der Waals surface area contributed by atoms with Crippen LogP contribution in [0.2, 0.25) is 0 Å².